The van der Waals surface area contributed by atoms with E-state index >= 15 is 0 Å². The van der Waals surface area contributed by atoms with Crippen molar-refractivity contribution in [2.24, 2.45) is 0 Å². The number of nitrogens with zero attached hydrogens (tertiary/aromatic N) is 1. The van der Waals surface area contributed by atoms with Gasteiger partial charge in [-0.15, -0.1) is 0 Å². The largest absolute Gasteiger partial charge is 0.333 e. The first-order valence-electron chi connectivity index (χ1n) is 6.86. The Morgan fingerprint density at radius 3 is 2.70 bits per heavy atom. The number of imidazole rings is 1. The van der Waals surface area contributed by atoms with Crippen molar-refractivity contribution in [2.45, 2.75) is 12.1 Å². The maximum absolute atomic E-state index is 13.6. The molecule has 23 heavy (non-hydrogen) atoms. The minimum Gasteiger partial charge on any atom is -0.333 e. The van der Waals surface area contributed by atoms with Crippen molar-refractivity contribution >= 4 is 34.4 Å². The van der Waals surface area contributed by atoms with Crippen LogP contribution in [0.4, 0.5) is 8.78 Å². The van der Waals surface area contributed by atoms with Gasteiger partial charge in [-0.25, -0.2) is 13.8 Å². The van der Waals surface area contributed by atoms with Gasteiger partial charge in [0.15, 0.2) is 5.16 Å². The van der Waals surface area contributed by atoms with Crippen LogP contribution in [0.25, 0.3) is 11.0 Å². The Hall–Kier alpha value is -2.03. The van der Waals surface area contributed by atoms with Crippen LogP contribution < -0.4 is 0 Å². The summed E-state index contributed by atoms with van der Waals surface area (Å²) in [6.45, 7) is 2.04. The van der Waals surface area contributed by atoms with Crippen LogP contribution in [0.3, 0.4) is 0 Å². The fourth-order valence-electron chi connectivity index (χ4n) is 2.03. The smallest absolute Gasteiger partial charge is 0.166 e. The molecular weight excluding hydrogens is 338 g/mol. The number of fused-ring (bicyclic) bond motifs is 1. The number of halogens is 3. The van der Waals surface area contributed by atoms with Gasteiger partial charge in [0.05, 0.1) is 21.6 Å². The van der Waals surface area contributed by atoms with E-state index < -0.39 is 11.6 Å². The molecule has 0 saturated carbocycles. The van der Waals surface area contributed by atoms with E-state index in [9.17, 15) is 8.78 Å². The van der Waals surface area contributed by atoms with Crippen molar-refractivity contribution in [3.63, 3.8) is 0 Å². The Morgan fingerprint density at radius 2 is 1.96 bits per heavy atom. The van der Waals surface area contributed by atoms with Gasteiger partial charge in [-0.05, 0) is 30.0 Å². The van der Waals surface area contributed by atoms with Crippen molar-refractivity contribution in [1.82, 2.24) is 9.97 Å². The molecule has 0 fully saturated rings. The topological polar surface area (TPSA) is 28.7 Å². The van der Waals surface area contributed by atoms with Gasteiger partial charge in [-0.2, -0.15) is 0 Å². The highest BCUT2D eigenvalue weighted by Gasteiger charge is 2.07. The van der Waals surface area contributed by atoms with E-state index in [1.165, 1.54) is 12.1 Å². The predicted octanol–water partition coefficient (Wildman–Crippen LogP) is 5.01. The van der Waals surface area contributed by atoms with Gasteiger partial charge in [0, 0.05) is 11.6 Å². The summed E-state index contributed by atoms with van der Waals surface area (Å²) in [5.74, 6) is 5.07. The highest BCUT2D eigenvalue weighted by molar-refractivity contribution is 7.99. The average Bonchev–Trinajstić information content (AvgIpc) is 2.88. The number of hydrogen-bond acceptors (Lipinski definition) is 2. The molecule has 116 valence electrons. The van der Waals surface area contributed by atoms with E-state index in [2.05, 4.69) is 21.8 Å². The highest BCUT2D eigenvalue weighted by atomic mass is 35.5. The molecule has 0 bridgehead atoms. The number of hydrogen-bond donors (Lipinski definition) is 1. The molecule has 0 aliphatic rings. The van der Waals surface area contributed by atoms with Gasteiger partial charge in [-0.3, -0.25) is 0 Å². The molecule has 3 rings (SSSR count). The maximum Gasteiger partial charge on any atom is 0.166 e. The number of nitrogens with one attached hydrogen (secondary N) is 1. The Kier molecular flexibility index (Phi) is 4.56. The van der Waals surface area contributed by atoms with Gasteiger partial charge in [0.25, 0.3) is 0 Å². The van der Waals surface area contributed by atoms with E-state index in [-0.39, 0.29) is 5.56 Å². The molecular formula is C17H11ClF2N2S. The predicted molar refractivity (Wildman–Crippen MR) is 89.8 cm³/mol. The summed E-state index contributed by atoms with van der Waals surface area (Å²) in [5, 5.41) is 1.26. The van der Waals surface area contributed by atoms with Crippen molar-refractivity contribution in [3.8, 4) is 11.8 Å². The zero-order valence-electron chi connectivity index (χ0n) is 12.1. The molecule has 1 heterocycles. The Bertz CT molecular complexity index is 941. The molecule has 0 amide bonds. The monoisotopic (exact) mass is 348 g/mol. The number of thioether (sulfide) groups is 1. The molecule has 0 aliphatic carbocycles. The lowest BCUT2D eigenvalue weighted by Crippen LogP contribution is -1.86. The molecule has 1 aromatic heterocycles. The molecule has 1 N–H and O–H groups in total. The molecule has 0 atom stereocenters. The summed E-state index contributed by atoms with van der Waals surface area (Å²) in [4.78, 5) is 7.62. The van der Waals surface area contributed by atoms with Crippen LogP contribution in [0.2, 0.25) is 5.02 Å². The maximum atomic E-state index is 13.6. The minimum absolute atomic E-state index is 0.117. The highest BCUT2D eigenvalue weighted by Crippen LogP contribution is 2.25. The van der Waals surface area contributed by atoms with Crippen LogP contribution in [-0.4, -0.2) is 15.7 Å². The molecule has 0 spiro atoms. The Labute approximate surface area is 141 Å². The third-order valence-electron chi connectivity index (χ3n) is 3.09. The van der Waals surface area contributed by atoms with E-state index in [0.29, 0.717) is 10.6 Å². The zero-order chi connectivity index (χ0) is 16.4. The number of aromatic nitrogens is 2. The van der Waals surface area contributed by atoms with Gasteiger partial charge in [-0.1, -0.05) is 42.1 Å². The molecule has 6 heteroatoms. The van der Waals surface area contributed by atoms with Crippen molar-refractivity contribution in [3.05, 3.63) is 58.1 Å². The third kappa shape index (κ3) is 3.49. The lowest BCUT2D eigenvalue weighted by atomic mass is 10.1. The summed E-state index contributed by atoms with van der Waals surface area (Å²) in [7, 11) is 0. The third-order valence-corrected chi connectivity index (χ3v) is 4.16. The molecule has 2 aromatic carbocycles. The molecule has 3 aromatic rings. The van der Waals surface area contributed by atoms with E-state index in [0.717, 1.165) is 28.0 Å². The summed E-state index contributed by atoms with van der Waals surface area (Å²) in [6.07, 6.45) is 0. The van der Waals surface area contributed by atoms with Gasteiger partial charge >= 0.3 is 0 Å². The fraction of sp³-hybridized carbons (Fsp3) is 0.118. The van der Waals surface area contributed by atoms with Crippen molar-refractivity contribution in [1.29, 1.82) is 0 Å². The second-order valence-electron chi connectivity index (χ2n) is 4.70. The van der Waals surface area contributed by atoms with Crippen LogP contribution in [0.5, 0.6) is 0 Å². The standard InChI is InChI=1S/C17H11ClF2N2S/c1-2-23-17-21-15-7-11(13(18)9-16(15)22-17)4-3-10-5-6-12(19)8-14(10)20/h5-9H,2H2,1H3,(H,21,22). The van der Waals surface area contributed by atoms with E-state index in [4.69, 9.17) is 11.6 Å². The molecule has 2 nitrogen and oxygen atoms in total. The van der Waals surface area contributed by atoms with Crippen molar-refractivity contribution in [2.75, 3.05) is 5.75 Å². The molecule has 0 radical (unpaired) electrons. The van der Waals surface area contributed by atoms with Crippen molar-refractivity contribution < 1.29 is 8.78 Å². The summed E-state index contributed by atoms with van der Waals surface area (Å²) < 4.78 is 26.5. The fourth-order valence-corrected chi connectivity index (χ4v) is 2.86. The number of rotatable bonds is 2. The average molecular weight is 349 g/mol. The summed E-state index contributed by atoms with van der Waals surface area (Å²) in [6, 6.07) is 6.77. The van der Waals surface area contributed by atoms with Gasteiger partial charge < -0.3 is 4.98 Å². The molecule has 0 unspecified atom stereocenters. The summed E-state index contributed by atoms with van der Waals surface area (Å²) >= 11 is 7.81. The van der Waals surface area contributed by atoms with Crippen LogP contribution in [0, 0.1) is 23.5 Å². The van der Waals surface area contributed by atoms with Gasteiger partial charge in [0.2, 0.25) is 0 Å². The van der Waals surface area contributed by atoms with Crippen LogP contribution in [-0.2, 0) is 0 Å². The second kappa shape index (κ2) is 6.61. The Morgan fingerprint density at radius 1 is 1.17 bits per heavy atom. The number of H-pyrrole nitrogens is 1. The van der Waals surface area contributed by atoms with E-state index in [1.807, 2.05) is 6.92 Å². The summed E-state index contributed by atoms with van der Waals surface area (Å²) in [5.41, 5.74) is 2.23. The lowest BCUT2D eigenvalue weighted by Gasteiger charge is -1.97. The van der Waals surface area contributed by atoms with Crippen LogP contribution in [0.1, 0.15) is 18.1 Å². The minimum atomic E-state index is -0.698. The quantitative estimate of drug-likeness (QED) is 0.521. The first-order valence-corrected chi connectivity index (χ1v) is 8.22. The first-order chi connectivity index (χ1) is 11.1. The van der Waals surface area contributed by atoms with Crippen LogP contribution >= 0.6 is 23.4 Å². The van der Waals surface area contributed by atoms with Gasteiger partial charge in [0.1, 0.15) is 11.6 Å². The van der Waals surface area contributed by atoms with Crippen LogP contribution in [0.15, 0.2) is 35.5 Å². The number of aromatic amines is 1. The first kappa shape index (κ1) is 15.9. The SMILES string of the molecule is CCSc1nc2cc(C#Cc3ccc(F)cc3F)c(Cl)cc2[nH]1. The second-order valence-corrected chi connectivity index (χ2v) is 6.36. The zero-order valence-corrected chi connectivity index (χ0v) is 13.7. The normalized spacial score (nSPS) is 10.6. The lowest BCUT2D eigenvalue weighted by molar-refractivity contribution is 0.581. The molecule has 0 aliphatic heterocycles. The number of benzene rings is 2. The van der Waals surface area contributed by atoms with E-state index in [1.54, 1.807) is 23.9 Å². The Balaban J connectivity index is 2.00. The molecule has 0 saturated heterocycles.